The standard InChI is InChI=1S/C15H28N2O2/c1-15(8-3-4-9-15)11-16-14(19)17(2)10-12-6-5-7-13(12)18/h12-13,18H,3-11H2,1-2H3,(H,16,19). The van der Waals surface area contributed by atoms with Gasteiger partial charge in [0.05, 0.1) is 6.10 Å². The highest BCUT2D eigenvalue weighted by Gasteiger charge is 2.30. The highest BCUT2D eigenvalue weighted by molar-refractivity contribution is 5.73. The Morgan fingerprint density at radius 1 is 1.32 bits per heavy atom. The molecule has 2 amide bonds. The molecule has 0 aromatic rings. The van der Waals surface area contributed by atoms with E-state index in [0.29, 0.717) is 12.0 Å². The number of aliphatic hydroxyl groups is 1. The lowest BCUT2D eigenvalue weighted by Crippen LogP contribution is -2.44. The molecule has 2 aliphatic carbocycles. The van der Waals surface area contributed by atoms with Crippen LogP contribution in [0.2, 0.25) is 0 Å². The fourth-order valence-corrected chi connectivity index (χ4v) is 3.49. The first-order valence-electron chi connectivity index (χ1n) is 7.67. The molecule has 0 spiro atoms. The number of nitrogens with one attached hydrogen (secondary N) is 1. The van der Waals surface area contributed by atoms with Crippen molar-refractivity contribution in [2.45, 2.75) is 58.0 Å². The summed E-state index contributed by atoms with van der Waals surface area (Å²) < 4.78 is 0. The predicted octanol–water partition coefficient (Wildman–Crippen LogP) is 2.37. The molecular formula is C15H28N2O2. The van der Waals surface area contributed by atoms with Crippen LogP contribution in [0.3, 0.4) is 0 Å². The monoisotopic (exact) mass is 268 g/mol. The van der Waals surface area contributed by atoms with Gasteiger partial charge in [0.2, 0.25) is 0 Å². The first-order chi connectivity index (χ1) is 9.00. The van der Waals surface area contributed by atoms with Crippen LogP contribution in [0.25, 0.3) is 0 Å². The number of carbonyl (C=O) groups excluding carboxylic acids is 1. The average Bonchev–Trinajstić information content (AvgIpc) is 2.97. The molecule has 0 bridgehead atoms. The number of rotatable bonds is 4. The highest BCUT2D eigenvalue weighted by Crippen LogP contribution is 2.36. The van der Waals surface area contributed by atoms with Crippen LogP contribution in [0.15, 0.2) is 0 Å². The normalized spacial score (nSPS) is 29.4. The van der Waals surface area contributed by atoms with Crippen LogP contribution in [0.5, 0.6) is 0 Å². The van der Waals surface area contributed by atoms with Crippen molar-refractivity contribution in [3.63, 3.8) is 0 Å². The number of amides is 2. The summed E-state index contributed by atoms with van der Waals surface area (Å²) >= 11 is 0. The van der Waals surface area contributed by atoms with Crippen LogP contribution in [0, 0.1) is 11.3 Å². The topological polar surface area (TPSA) is 52.6 Å². The van der Waals surface area contributed by atoms with Crippen molar-refractivity contribution in [1.29, 1.82) is 0 Å². The zero-order valence-electron chi connectivity index (χ0n) is 12.3. The molecule has 0 heterocycles. The Bertz CT molecular complexity index is 313. The van der Waals surface area contributed by atoms with Crippen molar-refractivity contribution in [2.75, 3.05) is 20.1 Å². The van der Waals surface area contributed by atoms with Gasteiger partial charge in [-0.3, -0.25) is 0 Å². The molecule has 2 saturated carbocycles. The molecule has 0 aromatic carbocycles. The van der Waals surface area contributed by atoms with E-state index in [4.69, 9.17) is 0 Å². The molecule has 0 saturated heterocycles. The zero-order valence-corrected chi connectivity index (χ0v) is 12.3. The Kier molecular flexibility index (Phi) is 4.71. The summed E-state index contributed by atoms with van der Waals surface area (Å²) in [7, 11) is 1.83. The molecule has 0 radical (unpaired) electrons. The van der Waals surface area contributed by atoms with E-state index in [2.05, 4.69) is 12.2 Å². The summed E-state index contributed by atoms with van der Waals surface area (Å²) in [6, 6.07) is 0.00669. The van der Waals surface area contributed by atoms with Crippen LogP contribution in [-0.4, -0.2) is 42.3 Å². The molecule has 4 heteroatoms. The molecule has 0 aromatic heterocycles. The number of carbonyl (C=O) groups is 1. The molecule has 2 atom stereocenters. The average molecular weight is 268 g/mol. The van der Waals surface area contributed by atoms with Gasteiger partial charge in [-0.15, -0.1) is 0 Å². The number of nitrogens with zero attached hydrogens (tertiary/aromatic N) is 1. The maximum absolute atomic E-state index is 12.1. The third kappa shape index (κ3) is 3.85. The van der Waals surface area contributed by atoms with E-state index < -0.39 is 0 Å². The predicted molar refractivity (Wildman–Crippen MR) is 76.0 cm³/mol. The van der Waals surface area contributed by atoms with Crippen molar-refractivity contribution < 1.29 is 9.90 Å². The van der Waals surface area contributed by atoms with Gasteiger partial charge in [0.1, 0.15) is 0 Å². The van der Waals surface area contributed by atoms with Gasteiger partial charge in [-0.25, -0.2) is 4.79 Å². The van der Waals surface area contributed by atoms with E-state index in [9.17, 15) is 9.90 Å². The summed E-state index contributed by atoms with van der Waals surface area (Å²) in [5.41, 5.74) is 0.295. The second-order valence-corrected chi connectivity index (χ2v) is 6.82. The number of urea groups is 1. The van der Waals surface area contributed by atoms with Crippen molar-refractivity contribution >= 4 is 6.03 Å². The smallest absolute Gasteiger partial charge is 0.317 e. The SMILES string of the molecule is CN(CC1CCCC1O)C(=O)NCC1(C)CCCC1. The Balaban J connectivity index is 1.73. The minimum Gasteiger partial charge on any atom is -0.393 e. The van der Waals surface area contributed by atoms with Gasteiger partial charge in [-0.1, -0.05) is 26.2 Å². The zero-order chi connectivity index (χ0) is 13.9. The lowest BCUT2D eigenvalue weighted by atomic mass is 9.89. The fourth-order valence-electron chi connectivity index (χ4n) is 3.49. The second-order valence-electron chi connectivity index (χ2n) is 6.82. The van der Waals surface area contributed by atoms with E-state index in [0.717, 1.165) is 25.8 Å². The Hall–Kier alpha value is -0.770. The lowest BCUT2D eigenvalue weighted by molar-refractivity contribution is 0.113. The van der Waals surface area contributed by atoms with Crippen LogP contribution in [-0.2, 0) is 0 Å². The lowest BCUT2D eigenvalue weighted by Gasteiger charge is -2.27. The summed E-state index contributed by atoms with van der Waals surface area (Å²) in [6.45, 7) is 3.72. The molecule has 2 rings (SSSR count). The third-order valence-corrected chi connectivity index (χ3v) is 4.95. The van der Waals surface area contributed by atoms with Crippen LogP contribution in [0.4, 0.5) is 4.79 Å². The summed E-state index contributed by atoms with van der Waals surface area (Å²) in [5, 5.41) is 12.9. The number of hydrogen-bond acceptors (Lipinski definition) is 2. The van der Waals surface area contributed by atoms with E-state index in [1.807, 2.05) is 7.05 Å². The Morgan fingerprint density at radius 2 is 2.00 bits per heavy atom. The minimum atomic E-state index is -0.220. The van der Waals surface area contributed by atoms with Crippen molar-refractivity contribution in [1.82, 2.24) is 10.2 Å². The molecule has 2 unspecified atom stereocenters. The Labute approximate surface area is 116 Å². The summed E-state index contributed by atoms with van der Waals surface area (Å²) in [5.74, 6) is 0.262. The quantitative estimate of drug-likeness (QED) is 0.822. The van der Waals surface area contributed by atoms with Crippen LogP contribution >= 0.6 is 0 Å². The van der Waals surface area contributed by atoms with Gasteiger partial charge in [-0.2, -0.15) is 0 Å². The highest BCUT2D eigenvalue weighted by atomic mass is 16.3. The molecule has 2 fully saturated rings. The van der Waals surface area contributed by atoms with Crippen molar-refractivity contribution in [3.8, 4) is 0 Å². The number of hydrogen-bond donors (Lipinski definition) is 2. The summed E-state index contributed by atoms with van der Waals surface area (Å²) in [4.78, 5) is 13.8. The molecule has 19 heavy (non-hydrogen) atoms. The van der Waals surface area contributed by atoms with E-state index in [1.54, 1.807) is 4.90 Å². The van der Waals surface area contributed by atoms with Gasteiger partial charge < -0.3 is 15.3 Å². The van der Waals surface area contributed by atoms with E-state index in [1.165, 1.54) is 25.7 Å². The fraction of sp³-hybridized carbons (Fsp3) is 0.933. The van der Waals surface area contributed by atoms with Gasteiger partial charge in [0.15, 0.2) is 0 Å². The minimum absolute atomic E-state index is 0.00669. The molecule has 2 aliphatic rings. The molecular weight excluding hydrogens is 240 g/mol. The van der Waals surface area contributed by atoms with Gasteiger partial charge >= 0.3 is 6.03 Å². The van der Waals surface area contributed by atoms with Gasteiger partial charge in [-0.05, 0) is 31.1 Å². The van der Waals surface area contributed by atoms with Gasteiger partial charge in [0, 0.05) is 26.1 Å². The molecule has 0 aliphatic heterocycles. The van der Waals surface area contributed by atoms with E-state index in [-0.39, 0.29) is 18.1 Å². The molecule has 110 valence electrons. The molecule has 4 nitrogen and oxygen atoms in total. The summed E-state index contributed by atoms with van der Waals surface area (Å²) in [6.07, 6.45) is 7.81. The first-order valence-corrected chi connectivity index (χ1v) is 7.67. The van der Waals surface area contributed by atoms with Crippen molar-refractivity contribution in [3.05, 3.63) is 0 Å². The largest absolute Gasteiger partial charge is 0.393 e. The second kappa shape index (κ2) is 6.12. The van der Waals surface area contributed by atoms with Gasteiger partial charge in [0.25, 0.3) is 0 Å². The van der Waals surface area contributed by atoms with Crippen molar-refractivity contribution in [2.24, 2.45) is 11.3 Å². The maximum Gasteiger partial charge on any atom is 0.317 e. The number of aliphatic hydroxyl groups excluding tert-OH is 1. The molecule has 2 N–H and O–H groups in total. The Morgan fingerprint density at radius 3 is 2.58 bits per heavy atom. The van der Waals surface area contributed by atoms with E-state index >= 15 is 0 Å². The maximum atomic E-state index is 12.1. The van der Waals surface area contributed by atoms with Crippen LogP contribution < -0.4 is 5.32 Å². The first kappa shape index (κ1) is 14.6. The van der Waals surface area contributed by atoms with Crippen LogP contribution in [0.1, 0.15) is 51.9 Å². The third-order valence-electron chi connectivity index (χ3n) is 4.95.